The van der Waals surface area contributed by atoms with E-state index in [2.05, 4.69) is 39.5 Å². The third-order valence-electron chi connectivity index (χ3n) is 2.97. The molecule has 0 rings (SSSR count). The smallest absolute Gasteiger partial charge is 0.222 e. The normalized spacial score (nSPS) is 13.2. The van der Waals surface area contributed by atoms with Crippen LogP contribution >= 0.6 is 0 Å². The molecular formula is C14H29NO. The molecule has 96 valence electrons. The first kappa shape index (κ1) is 15.5. The average Bonchev–Trinajstić information content (AvgIpc) is 2.21. The lowest BCUT2D eigenvalue weighted by molar-refractivity contribution is -0.134. The molecule has 0 heterocycles. The van der Waals surface area contributed by atoms with E-state index in [1.807, 2.05) is 6.92 Å². The molecule has 0 aliphatic heterocycles. The van der Waals surface area contributed by atoms with Gasteiger partial charge in [-0.15, -0.1) is 0 Å². The minimum Gasteiger partial charge on any atom is -0.339 e. The van der Waals surface area contributed by atoms with Crippen LogP contribution in [0.5, 0.6) is 0 Å². The van der Waals surface area contributed by atoms with Crippen molar-refractivity contribution in [3.63, 3.8) is 0 Å². The van der Waals surface area contributed by atoms with Gasteiger partial charge in [0.15, 0.2) is 0 Å². The molecule has 0 spiro atoms. The molecule has 0 saturated heterocycles. The number of rotatable bonds is 7. The van der Waals surface area contributed by atoms with Crippen LogP contribution in [0.15, 0.2) is 0 Å². The summed E-state index contributed by atoms with van der Waals surface area (Å²) in [4.78, 5) is 14.1. The second-order valence-corrected chi connectivity index (χ2v) is 5.38. The fraction of sp³-hybridized carbons (Fsp3) is 0.929. The van der Waals surface area contributed by atoms with Crippen LogP contribution < -0.4 is 0 Å². The molecule has 1 unspecified atom stereocenters. The molecule has 0 saturated carbocycles. The van der Waals surface area contributed by atoms with E-state index in [1.165, 1.54) is 0 Å². The summed E-state index contributed by atoms with van der Waals surface area (Å²) in [5, 5.41) is 0. The summed E-state index contributed by atoms with van der Waals surface area (Å²) in [5.41, 5.74) is 0. The van der Waals surface area contributed by atoms with Gasteiger partial charge in [0, 0.05) is 19.0 Å². The predicted molar refractivity (Wildman–Crippen MR) is 70.4 cm³/mol. The Morgan fingerprint density at radius 3 is 2.00 bits per heavy atom. The number of hydrogen-bond acceptors (Lipinski definition) is 1. The van der Waals surface area contributed by atoms with Crippen LogP contribution in [0.2, 0.25) is 0 Å². The average molecular weight is 227 g/mol. The maximum atomic E-state index is 12.0. The van der Waals surface area contributed by atoms with Gasteiger partial charge in [-0.1, -0.05) is 41.5 Å². The van der Waals surface area contributed by atoms with Crippen LogP contribution in [0, 0.1) is 11.8 Å². The van der Waals surface area contributed by atoms with Crippen LogP contribution in [-0.4, -0.2) is 23.4 Å². The third kappa shape index (κ3) is 5.00. The first-order valence-corrected chi connectivity index (χ1v) is 6.73. The highest BCUT2D eigenvalue weighted by molar-refractivity contribution is 5.76. The summed E-state index contributed by atoms with van der Waals surface area (Å²) < 4.78 is 0. The number of carbonyl (C=O) groups excluding carboxylic acids is 1. The molecular weight excluding hydrogens is 198 g/mol. The molecule has 16 heavy (non-hydrogen) atoms. The highest BCUT2D eigenvalue weighted by Crippen LogP contribution is 2.20. The number of nitrogens with zero attached hydrogens (tertiary/aromatic N) is 1. The molecule has 0 aliphatic rings. The van der Waals surface area contributed by atoms with Crippen LogP contribution in [-0.2, 0) is 4.79 Å². The van der Waals surface area contributed by atoms with Crippen molar-refractivity contribution in [2.45, 2.75) is 66.8 Å². The van der Waals surface area contributed by atoms with Crippen molar-refractivity contribution in [3.8, 4) is 0 Å². The summed E-state index contributed by atoms with van der Waals surface area (Å²) in [5.74, 6) is 1.50. The molecule has 2 nitrogen and oxygen atoms in total. The molecule has 0 aromatic heterocycles. The molecule has 0 aromatic carbocycles. The highest BCUT2D eigenvalue weighted by Gasteiger charge is 2.25. The minimum atomic E-state index is 0.307. The van der Waals surface area contributed by atoms with Crippen LogP contribution in [0.25, 0.3) is 0 Å². The summed E-state index contributed by atoms with van der Waals surface area (Å²) in [6, 6.07) is 0.410. The quantitative estimate of drug-likeness (QED) is 0.649. The second-order valence-electron chi connectivity index (χ2n) is 5.38. The SMILES string of the molecule is CCCN(C(=O)CC)C(CC(C)C)C(C)C. The standard InChI is InChI=1S/C14H29NO/c1-7-9-15(14(16)8-2)13(12(5)6)10-11(3)4/h11-13H,7-10H2,1-6H3. The Bertz CT molecular complexity index is 199. The summed E-state index contributed by atoms with van der Waals surface area (Å²) in [6.45, 7) is 13.9. The highest BCUT2D eigenvalue weighted by atomic mass is 16.2. The van der Waals surface area contributed by atoms with Crippen molar-refractivity contribution < 1.29 is 4.79 Å². The number of amides is 1. The van der Waals surface area contributed by atoms with E-state index in [9.17, 15) is 4.79 Å². The zero-order valence-corrected chi connectivity index (χ0v) is 11.9. The van der Waals surface area contributed by atoms with Gasteiger partial charge in [-0.25, -0.2) is 0 Å². The topological polar surface area (TPSA) is 20.3 Å². The molecule has 1 atom stereocenters. The van der Waals surface area contributed by atoms with Crippen molar-refractivity contribution in [2.75, 3.05) is 6.54 Å². The first-order valence-electron chi connectivity index (χ1n) is 6.73. The Morgan fingerprint density at radius 2 is 1.69 bits per heavy atom. The molecule has 0 bridgehead atoms. The first-order chi connectivity index (χ1) is 7.43. The molecule has 0 aliphatic carbocycles. The van der Waals surface area contributed by atoms with Gasteiger partial charge in [0.25, 0.3) is 0 Å². The molecule has 1 amide bonds. The number of hydrogen-bond donors (Lipinski definition) is 0. The van der Waals surface area contributed by atoms with Crippen molar-refractivity contribution in [3.05, 3.63) is 0 Å². The van der Waals surface area contributed by atoms with Gasteiger partial charge in [-0.3, -0.25) is 4.79 Å². The zero-order chi connectivity index (χ0) is 12.7. The van der Waals surface area contributed by atoms with Gasteiger partial charge in [0.1, 0.15) is 0 Å². The van der Waals surface area contributed by atoms with E-state index in [-0.39, 0.29) is 0 Å². The lowest BCUT2D eigenvalue weighted by Gasteiger charge is -2.35. The molecule has 2 heteroatoms. The summed E-state index contributed by atoms with van der Waals surface area (Å²) >= 11 is 0. The van der Waals surface area contributed by atoms with E-state index in [1.54, 1.807) is 0 Å². The van der Waals surface area contributed by atoms with E-state index < -0.39 is 0 Å². The molecule has 0 aromatic rings. The van der Waals surface area contributed by atoms with Crippen molar-refractivity contribution in [1.82, 2.24) is 4.90 Å². The fourth-order valence-electron chi connectivity index (χ4n) is 2.16. The third-order valence-corrected chi connectivity index (χ3v) is 2.97. The molecule has 0 radical (unpaired) electrons. The maximum absolute atomic E-state index is 12.0. The van der Waals surface area contributed by atoms with E-state index in [0.29, 0.717) is 30.2 Å². The Balaban J connectivity index is 4.71. The van der Waals surface area contributed by atoms with Crippen molar-refractivity contribution >= 4 is 5.91 Å². The van der Waals surface area contributed by atoms with E-state index >= 15 is 0 Å². The summed E-state index contributed by atoms with van der Waals surface area (Å²) in [7, 11) is 0. The van der Waals surface area contributed by atoms with Crippen LogP contribution in [0.1, 0.15) is 60.8 Å². The Kier molecular flexibility index (Phi) is 7.44. The van der Waals surface area contributed by atoms with Crippen LogP contribution in [0.4, 0.5) is 0 Å². The molecule has 0 fully saturated rings. The van der Waals surface area contributed by atoms with E-state index in [0.717, 1.165) is 19.4 Å². The Morgan fingerprint density at radius 1 is 1.12 bits per heavy atom. The lowest BCUT2D eigenvalue weighted by Crippen LogP contribution is -2.44. The molecule has 0 N–H and O–H groups in total. The van der Waals surface area contributed by atoms with Crippen molar-refractivity contribution in [2.24, 2.45) is 11.8 Å². The maximum Gasteiger partial charge on any atom is 0.222 e. The van der Waals surface area contributed by atoms with Gasteiger partial charge in [-0.05, 0) is 24.7 Å². The van der Waals surface area contributed by atoms with Gasteiger partial charge in [0.05, 0.1) is 0 Å². The van der Waals surface area contributed by atoms with E-state index in [4.69, 9.17) is 0 Å². The predicted octanol–water partition coefficient (Wildman–Crippen LogP) is 3.71. The minimum absolute atomic E-state index is 0.307. The van der Waals surface area contributed by atoms with Crippen molar-refractivity contribution in [1.29, 1.82) is 0 Å². The number of carbonyl (C=O) groups is 1. The van der Waals surface area contributed by atoms with Gasteiger partial charge >= 0.3 is 0 Å². The van der Waals surface area contributed by atoms with Gasteiger partial charge < -0.3 is 4.90 Å². The van der Waals surface area contributed by atoms with Gasteiger partial charge in [-0.2, -0.15) is 0 Å². The Labute approximate surface area is 101 Å². The van der Waals surface area contributed by atoms with Gasteiger partial charge in [0.2, 0.25) is 5.91 Å². The lowest BCUT2D eigenvalue weighted by atomic mass is 9.92. The van der Waals surface area contributed by atoms with Crippen LogP contribution in [0.3, 0.4) is 0 Å². The summed E-state index contributed by atoms with van der Waals surface area (Å²) in [6.07, 6.45) is 2.79. The Hall–Kier alpha value is -0.530. The monoisotopic (exact) mass is 227 g/mol. The second kappa shape index (κ2) is 7.70. The zero-order valence-electron chi connectivity index (χ0n) is 11.9. The largest absolute Gasteiger partial charge is 0.339 e. The fourth-order valence-corrected chi connectivity index (χ4v) is 2.16.